The second-order valence-electron chi connectivity index (χ2n) is 3.96. The molecule has 0 atom stereocenters. The van der Waals surface area contributed by atoms with E-state index < -0.39 is 0 Å². The van der Waals surface area contributed by atoms with Crippen molar-refractivity contribution < 1.29 is 9.53 Å². The lowest BCUT2D eigenvalue weighted by Crippen LogP contribution is -2.34. The number of ether oxygens (including phenoxy) is 1. The number of hydrogen-bond acceptors (Lipinski definition) is 3. The molecule has 3 heteroatoms. The van der Waals surface area contributed by atoms with Crippen molar-refractivity contribution in [3.63, 3.8) is 0 Å². The molecule has 2 rings (SSSR count). The Labute approximate surface area is 94.2 Å². The second-order valence-corrected chi connectivity index (χ2v) is 3.96. The molecule has 0 aromatic heterocycles. The molecule has 16 heavy (non-hydrogen) atoms. The van der Waals surface area contributed by atoms with Crippen molar-refractivity contribution in [3.8, 4) is 0 Å². The zero-order chi connectivity index (χ0) is 11.7. The molecule has 0 radical (unpaired) electrons. The number of methoxy groups -OCH3 is 1. The SMILES string of the molecule is COC(=O)c1cc(C)c2c(c1N)=CCCC=2. The predicted octanol–water partition coefficient (Wildman–Crippen LogP) is 0.719. The summed E-state index contributed by atoms with van der Waals surface area (Å²) in [6, 6.07) is 1.80. The van der Waals surface area contributed by atoms with E-state index in [-0.39, 0.29) is 5.97 Å². The van der Waals surface area contributed by atoms with Gasteiger partial charge in [0.1, 0.15) is 0 Å². The van der Waals surface area contributed by atoms with Gasteiger partial charge in [0.15, 0.2) is 0 Å². The van der Waals surface area contributed by atoms with Crippen molar-refractivity contribution in [2.75, 3.05) is 12.8 Å². The minimum atomic E-state index is -0.373. The molecule has 0 bridgehead atoms. The van der Waals surface area contributed by atoms with Crippen molar-refractivity contribution in [1.82, 2.24) is 0 Å². The van der Waals surface area contributed by atoms with Crippen LogP contribution in [0.1, 0.15) is 28.8 Å². The van der Waals surface area contributed by atoms with Crippen molar-refractivity contribution in [1.29, 1.82) is 0 Å². The molecule has 1 aliphatic rings. The summed E-state index contributed by atoms with van der Waals surface area (Å²) < 4.78 is 4.72. The van der Waals surface area contributed by atoms with E-state index >= 15 is 0 Å². The van der Waals surface area contributed by atoms with Crippen molar-refractivity contribution in [3.05, 3.63) is 27.6 Å². The van der Waals surface area contributed by atoms with Gasteiger partial charge in [-0.1, -0.05) is 12.2 Å². The quantitative estimate of drug-likeness (QED) is 0.557. The molecular formula is C13H15NO2. The fraction of sp³-hybridized carbons (Fsp3) is 0.308. The van der Waals surface area contributed by atoms with Gasteiger partial charge in [0.05, 0.1) is 18.4 Å². The Morgan fingerprint density at radius 3 is 2.56 bits per heavy atom. The van der Waals surface area contributed by atoms with Crippen molar-refractivity contribution in [2.24, 2.45) is 0 Å². The van der Waals surface area contributed by atoms with E-state index in [2.05, 4.69) is 12.2 Å². The van der Waals surface area contributed by atoms with Gasteiger partial charge in [-0.05, 0) is 36.6 Å². The van der Waals surface area contributed by atoms with Crippen LogP contribution < -0.4 is 16.2 Å². The molecule has 0 saturated carbocycles. The van der Waals surface area contributed by atoms with Crippen LogP contribution in [-0.2, 0) is 4.74 Å². The van der Waals surface area contributed by atoms with E-state index in [0.29, 0.717) is 11.3 Å². The number of carbonyl (C=O) groups excluding carboxylic acids is 1. The first-order valence-corrected chi connectivity index (χ1v) is 5.33. The Bertz CT molecular complexity index is 558. The highest BCUT2D eigenvalue weighted by Gasteiger charge is 2.13. The average molecular weight is 217 g/mol. The average Bonchev–Trinajstić information content (AvgIpc) is 2.33. The van der Waals surface area contributed by atoms with Gasteiger partial charge < -0.3 is 10.5 Å². The summed E-state index contributed by atoms with van der Waals surface area (Å²) in [7, 11) is 1.37. The number of nitrogens with two attached hydrogens (primary N) is 1. The Kier molecular flexibility index (Phi) is 2.69. The van der Waals surface area contributed by atoms with E-state index in [9.17, 15) is 4.79 Å². The van der Waals surface area contributed by atoms with Gasteiger partial charge in [-0.2, -0.15) is 0 Å². The van der Waals surface area contributed by atoms with Gasteiger partial charge in [0.25, 0.3) is 0 Å². The summed E-state index contributed by atoms with van der Waals surface area (Å²) in [6.45, 7) is 1.99. The maximum Gasteiger partial charge on any atom is 0.339 e. The van der Waals surface area contributed by atoms with Gasteiger partial charge >= 0.3 is 5.97 Å². The predicted molar refractivity (Wildman–Crippen MR) is 64.3 cm³/mol. The van der Waals surface area contributed by atoms with Crippen LogP contribution in [0.3, 0.4) is 0 Å². The lowest BCUT2D eigenvalue weighted by atomic mass is 9.99. The van der Waals surface area contributed by atoms with E-state index in [4.69, 9.17) is 10.5 Å². The number of rotatable bonds is 1. The number of hydrogen-bond donors (Lipinski definition) is 1. The van der Waals surface area contributed by atoms with E-state index in [1.165, 1.54) is 7.11 Å². The number of carbonyl (C=O) groups is 1. The first kappa shape index (κ1) is 10.7. The Balaban J connectivity index is 2.79. The molecule has 0 heterocycles. The van der Waals surface area contributed by atoms with Crippen LogP contribution in [0.4, 0.5) is 5.69 Å². The van der Waals surface area contributed by atoms with Crippen LogP contribution in [-0.4, -0.2) is 13.1 Å². The topological polar surface area (TPSA) is 52.3 Å². The van der Waals surface area contributed by atoms with Crippen LogP contribution in [0.2, 0.25) is 0 Å². The minimum absolute atomic E-state index is 0.373. The van der Waals surface area contributed by atoms with Crippen LogP contribution in [0.15, 0.2) is 6.07 Å². The van der Waals surface area contributed by atoms with E-state index in [0.717, 1.165) is 28.8 Å². The number of fused-ring (bicyclic) bond motifs is 1. The first-order chi connectivity index (χ1) is 7.65. The minimum Gasteiger partial charge on any atom is -0.465 e. The summed E-state index contributed by atoms with van der Waals surface area (Å²) in [5.74, 6) is -0.373. The van der Waals surface area contributed by atoms with Gasteiger partial charge in [0, 0.05) is 5.22 Å². The smallest absolute Gasteiger partial charge is 0.339 e. The number of esters is 1. The normalized spacial score (nSPS) is 13.4. The monoisotopic (exact) mass is 217 g/mol. The molecule has 1 aliphatic carbocycles. The van der Waals surface area contributed by atoms with Gasteiger partial charge in [-0.3, -0.25) is 0 Å². The zero-order valence-electron chi connectivity index (χ0n) is 9.54. The third-order valence-electron chi connectivity index (χ3n) is 2.93. The Morgan fingerprint density at radius 2 is 1.94 bits per heavy atom. The van der Waals surface area contributed by atoms with E-state index in [1.807, 2.05) is 6.92 Å². The molecule has 0 amide bonds. The largest absolute Gasteiger partial charge is 0.465 e. The molecule has 1 aromatic carbocycles. The van der Waals surface area contributed by atoms with Crippen molar-refractivity contribution >= 4 is 23.8 Å². The summed E-state index contributed by atoms with van der Waals surface area (Å²) in [4.78, 5) is 11.5. The van der Waals surface area contributed by atoms with E-state index in [1.54, 1.807) is 6.07 Å². The van der Waals surface area contributed by atoms with Crippen molar-refractivity contribution in [2.45, 2.75) is 19.8 Å². The van der Waals surface area contributed by atoms with Crippen LogP contribution >= 0.6 is 0 Å². The number of benzene rings is 1. The molecule has 2 N–H and O–H groups in total. The maximum absolute atomic E-state index is 11.5. The first-order valence-electron chi connectivity index (χ1n) is 5.33. The van der Waals surface area contributed by atoms with Crippen LogP contribution in [0.5, 0.6) is 0 Å². The number of anilines is 1. The molecule has 1 aromatic rings. The highest BCUT2D eigenvalue weighted by atomic mass is 16.5. The summed E-state index contributed by atoms with van der Waals surface area (Å²) in [6.07, 6.45) is 6.26. The highest BCUT2D eigenvalue weighted by Crippen LogP contribution is 2.10. The number of nitrogen functional groups attached to an aromatic ring is 1. The Morgan fingerprint density at radius 1 is 1.31 bits per heavy atom. The van der Waals surface area contributed by atoms with Gasteiger partial charge in [-0.15, -0.1) is 0 Å². The highest BCUT2D eigenvalue weighted by molar-refractivity contribution is 5.95. The molecule has 0 unspecified atom stereocenters. The summed E-state index contributed by atoms with van der Waals surface area (Å²) in [5, 5.41) is 2.13. The zero-order valence-corrected chi connectivity index (χ0v) is 9.54. The molecule has 0 saturated heterocycles. The summed E-state index contributed by atoms with van der Waals surface area (Å²) in [5.41, 5.74) is 8.06. The molecule has 84 valence electrons. The summed E-state index contributed by atoms with van der Waals surface area (Å²) >= 11 is 0. The lowest BCUT2D eigenvalue weighted by Gasteiger charge is -2.10. The molecule has 0 aliphatic heterocycles. The second kappa shape index (κ2) is 4.00. The maximum atomic E-state index is 11.5. The Hall–Kier alpha value is -1.77. The molecule has 3 nitrogen and oxygen atoms in total. The lowest BCUT2D eigenvalue weighted by molar-refractivity contribution is 0.0601. The number of aryl methyl sites for hydroxylation is 1. The fourth-order valence-corrected chi connectivity index (χ4v) is 2.10. The van der Waals surface area contributed by atoms with Crippen LogP contribution in [0.25, 0.3) is 12.2 Å². The third kappa shape index (κ3) is 1.58. The molecule has 0 fully saturated rings. The van der Waals surface area contributed by atoms with Gasteiger partial charge in [-0.25, -0.2) is 4.79 Å². The molecule has 0 spiro atoms. The van der Waals surface area contributed by atoms with Crippen LogP contribution in [0, 0.1) is 6.92 Å². The fourth-order valence-electron chi connectivity index (χ4n) is 2.10. The molecular weight excluding hydrogens is 202 g/mol. The standard InChI is InChI=1S/C13H15NO2/c1-8-7-11(13(15)16-2)12(14)10-6-4-3-5-9(8)10/h5-7H,3-4,14H2,1-2H3. The third-order valence-corrected chi connectivity index (χ3v) is 2.93. The van der Waals surface area contributed by atoms with Gasteiger partial charge in [0.2, 0.25) is 0 Å².